The molecule has 0 aliphatic carbocycles. The van der Waals surface area contributed by atoms with Gasteiger partial charge in [0.05, 0.1) is 37.0 Å². The number of rotatable bonds is 9. The van der Waals surface area contributed by atoms with Crippen molar-refractivity contribution in [1.82, 2.24) is 9.88 Å². The number of hydrogen-bond donors (Lipinski definition) is 2. The van der Waals surface area contributed by atoms with Crippen molar-refractivity contribution in [2.45, 2.75) is 38.8 Å². The van der Waals surface area contributed by atoms with Crippen molar-refractivity contribution < 1.29 is 24.2 Å². The number of nitrogens with one attached hydrogen (secondary N) is 1. The molecular formula is C26H28N2O5. The number of carbonyl (C=O) groups is 2. The Kier molecular flexibility index (Phi) is 6.51. The highest BCUT2D eigenvalue weighted by atomic mass is 16.5. The summed E-state index contributed by atoms with van der Waals surface area (Å²) in [6.45, 7) is 3.96. The number of hydrogen-bond acceptors (Lipinski definition) is 5. The molecule has 2 aromatic carbocycles. The van der Waals surface area contributed by atoms with E-state index in [1.807, 2.05) is 31.5 Å². The largest absolute Gasteiger partial charge is 0.493 e. The quantitative estimate of drug-likeness (QED) is 0.481. The zero-order valence-corrected chi connectivity index (χ0v) is 19.0. The second-order valence-corrected chi connectivity index (χ2v) is 8.16. The standard InChI is InChI=1S/C26H28N2O5/c1-4-33-23-14-18(8-9-22(23)32-3)21(12-16(2)29)28-25(30)20-7-5-6-19(24(20)26(28)31)13-17-10-11-27-15-17/h5-11,14-16,21,27,29H,4,12-13H2,1-3H3/t16?,21-/m1/s1. The van der Waals surface area contributed by atoms with E-state index < -0.39 is 12.1 Å². The van der Waals surface area contributed by atoms with Crippen molar-refractivity contribution in [3.8, 4) is 11.5 Å². The van der Waals surface area contributed by atoms with Gasteiger partial charge in [0.2, 0.25) is 0 Å². The molecule has 33 heavy (non-hydrogen) atoms. The van der Waals surface area contributed by atoms with E-state index in [1.165, 1.54) is 4.90 Å². The maximum atomic E-state index is 13.6. The van der Waals surface area contributed by atoms with Gasteiger partial charge in [0, 0.05) is 12.4 Å². The minimum absolute atomic E-state index is 0.205. The number of carbonyl (C=O) groups excluding carboxylic acids is 2. The lowest BCUT2D eigenvalue weighted by atomic mass is 9.97. The van der Waals surface area contributed by atoms with Gasteiger partial charge < -0.3 is 19.6 Å². The molecule has 7 heteroatoms. The zero-order chi connectivity index (χ0) is 23.5. The second-order valence-electron chi connectivity index (χ2n) is 8.16. The number of amides is 2. The van der Waals surface area contributed by atoms with Gasteiger partial charge in [-0.15, -0.1) is 0 Å². The lowest BCUT2D eigenvalue weighted by Gasteiger charge is -2.28. The number of aliphatic hydroxyl groups is 1. The normalized spacial score (nSPS) is 14.8. The highest BCUT2D eigenvalue weighted by Crippen LogP contribution is 2.39. The number of imide groups is 1. The Morgan fingerprint density at radius 2 is 1.91 bits per heavy atom. The summed E-state index contributed by atoms with van der Waals surface area (Å²) in [7, 11) is 1.56. The molecule has 0 spiro atoms. The molecule has 4 rings (SSSR count). The number of aliphatic hydroxyl groups excluding tert-OH is 1. The molecule has 3 aromatic rings. The van der Waals surface area contributed by atoms with Gasteiger partial charge in [-0.3, -0.25) is 14.5 Å². The molecule has 2 amide bonds. The Morgan fingerprint density at radius 3 is 2.58 bits per heavy atom. The van der Waals surface area contributed by atoms with Gasteiger partial charge in [0.1, 0.15) is 0 Å². The maximum Gasteiger partial charge on any atom is 0.262 e. The molecule has 172 valence electrons. The summed E-state index contributed by atoms with van der Waals surface area (Å²) in [5, 5.41) is 10.2. The van der Waals surface area contributed by atoms with E-state index in [2.05, 4.69) is 4.98 Å². The molecule has 0 fully saturated rings. The third-order valence-electron chi connectivity index (χ3n) is 5.84. The van der Waals surface area contributed by atoms with Crippen LogP contribution in [0.1, 0.15) is 63.7 Å². The van der Waals surface area contributed by atoms with Crippen molar-refractivity contribution in [3.05, 3.63) is 82.7 Å². The fraction of sp³-hybridized carbons (Fsp3) is 0.308. The van der Waals surface area contributed by atoms with Crippen LogP contribution in [0.15, 0.2) is 54.9 Å². The minimum Gasteiger partial charge on any atom is -0.493 e. The first kappa shape index (κ1) is 22.6. The summed E-state index contributed by atoms with van der Waals surface area (Å²) in [6.07, 6.45) is 3.72. The predicted molar refractivity (Wildman–Crippen MR) is 124 cm³/mol. The minimum atomic E-state index is -0.726. The first-order valence-electron chi connectivity index (χ1n) is 11.0. The Bertz CT molecular complexity index is 1150. The molecule has 2 heterocycles. The molecule has 0 saturated heterocycles. The summed E-state index contributed by atoms with van der Waals surface area (Å²) in [6, 6.07) is 12.0. The van der Waals surface area contributed by atoms with Crippen molar-refractivity contribution in [2.24, 2.45) is 0 Å². The fourth-order valence-corrected chi connectivity index (χ4v) is 4.37. The molecule has 1 aliphatic rings. The molecule has 1 unspecified atom stereocenters. The van der Waals surface area contributed by atoms with Gasteiger partial charge in [-0.1, -0.05) is 18.2 Å². The predicted octanol–water partition coefficient (Wildman–Crippen LogP) is 4.12. The lowest BCUT2D eigenvalue weighted by Crippen LogP contribution is -2.36. The summed E-state index contributed by atoms with van der Waals surface area (Å²) in [5.41, 5.74) is 3.34. The van der Waals surface area contributed by atoms with Gasteiger partial charge >= 0.3 is 0 Å². The number of ether oxygens (including phenoxy) is 2. The number of methoxy groups -OCH3 is 1. The summed E-state index contributed by atoms with van der Waals surface area (Å²) in [4.78, 5) is 31.4. The second kappa shape index (κ2) is 9.50. The van der Waals surface area contributed by atoms with Crippen LogP contribution in [-0.4, -0.2) is 46.6 Å². The number of nitrogens with zero attached hydrogens (tertiary/aromatic N) is 1. The van der Waals surface area contributed by atoms with Gasteiger partial charge in [-0.2, -0.15) is 0 Å². The average Bonchev–Trinajstić information content (AvgIpc) is 3.39. The van der Waals surface area contributed by atoms with E-state index in [0.717, 1.165) is 11.1 Å². The lowest BCUT2D eigenvalue weighted by molar-refractivity contribution is 0.0523. The Morgan fingerprint density at radius 1 is 1.09 bits per heavy atom. The Labute approximate surface area is 193 Å². The fourth-order valence-electron chi connectivity index (χ4n) is 4.37. The first-order chi connectivity index (χ1) is 15.9. The van der Waals surface area contributed by atoms with Crippen LogP contribution in [0.5, 0.6) is 11.5 Å². The monoisotopic (exact) mass is 448 g/mol. The third kappa shape index (κ3) is 4.36. The number of fused-ring (bicyclic) bond motifs is 1. The molecule has 7 nitrogen and oxygen atoms in total. The molecule has 1 aromatic heterocycles. The molecular weight excluding hydrogens is 420 g/mol. The summed E-state index contributed by atoms with van der Waals surface area (Å²) < 4.78 is 11.1. The molecule has 2 atom stereocenters. The Hall–Kier alpha value is -3.58. The van der Waals surface area contributed by atoms with Crippen LogP contribution in [0.3, 0.4) is 0 Å². The molecule has 1 aliphatic heterocycles. The van der Waals surface area contributed by atoms with Crippen molar-refractivity contribution in [1.29, 1.82) is 0 Å². The molecule has 0 radical (unpaired) electrons. The number of aromatic nitrogens is 1. The van der Waals surface area contributed by atoms with Crippen molar-refractivity contribution in [3.63, 3.8) is 0 Å². The van der Waals surface area contributed by atoms with Crippen LogP contribution in [-0.2, 0) is 6.42 Å². The van der Waals surface area contributed by atoms with E-state index >= 15 is 0 Å². The zero-order valence-electron chi connectivity index (χ0n) is 19.0. The highest BCUT2D eigenvalue weighted by molar-refractivity contribution is 6.22. The first-order valence-corrected chi connectivity index (χ1v) is 11.0. The van der Waals surface area contributed by atoms with Gasteiger partial charge in [0.15, 0.2) is 11.5 Å². The van der Waals surface area contributed by atoms with Crippen molar-refractivity contribution in [2.75, 3.05) is 13.7 Å². The van der Waals surface area contributed by atoms with E-state index in [9.17, 15) is 14.7 Å². The van der Waals surface area contributed by atoms with E-state index in [0.29, 0.717) is 41.2 Å². The molecule has 0 saturated carbocycles. The molecule has 0 bridgehead atoms. The smallest absolute Gasteiger partial charge is 0.262 e. The van der Waals surface area contributed by atoms with Crippen LogP contribution in [0, 0.1) is 0 Å². The third-order valence-corrected chi connectivity index (χ3v) is 5.84. The van der Waals surface area contributed by atoms with Gasteiger partial charge in [0.25, 0.3) is 11.8 Å². The number of aromatic amines is 1. The maximum absolute atomic E-state index is 13.6. The number of benzene rings is 2. The molecule has 2 N–H and O–H groups in total. The van der Waals surface area contributed by atoms with Crippen LogP contribution in [0.25, 0.3) is 0 Å². The van der Waals surface area contributed by atoms with Crippen molar-refractivity contribution >= 4 is 11.8 Å². The van der Waals surface area contributed by atoms with Crippen LogP contribution in [0.4, 0.5) is 0 Å². The van der Waals surface area contributed by atoms with E-state index in [1.54, 1.807) is 44.4 Å². The van der Waals surface area contributed by atoms with Crippen LogP contribution in [0.2, 0.25) is 0 Å². The van der Waals surface area contributed by atoms with Gasteiger partial charge in [-0.05, 0) is 67.6 Å². The summed E-state index contributed by atoms with van der Waals surface area (Å²) in [5.74, 6) is 0.385. The summed E-state index contributed by atoms with van der Waals surface area (Å²) >= 11 is 0. The van der Waals surface area contributed by atoms with E-state index in [4.69, 9.17) is 9.47 Å². The Balaban J connectivity index is 1.75. The topological polar surface area (TPSA) is 91.9 Å². The average molecular weight is 449 g/mol. The van der Waals surface area contributed by atoms with Gasteiger partial charge in [-0.25, -0.2) is 0 Å². The van der Waals surface area contributed by atoms with Crippen LogP contribution < -0.4 is 9.47 Å². The number of H-pyrrole nitrogens is 1. The van der Waals surface area contributed by atoms with Crippen LogP contribution >= 0.6 is 0 Å². The SMILES string of the molecule is CCOc1cc([C@@H](CC(C)O)N2C(=O)c3cccc(Cc4cc[nH]c4)c3C2=O)ccc1OC. The van der Waals surface area contributed by atoms with E-state index in [-0.39, 0.29) is 18.2 Å². The highest BCUT2D eigenvalue weighted by Gasteiger charge is 2.42.